The van der Waals surface area contributed by atoms with Crippen LogP contribution >= 0.6 is 0 Å². The fraction of sp³-hybridized carbons (Fsp3) is 0.500. The first-order valence-corrected chi connectivity index (χ1v) is 7.95. The summed E-state index contributed by atoms with van der Waals surface area (Å²) in [5, 5.41) is 11.1. The second-order valence-electron chi connectivity index (χ2n) is 6.02. The van der Waals surface area contributed by atoms with E-state index in [-0.39, 0.29) is 23.5 Å². The number of hydrogen-bond donors (Lipinski definition) is 0. The number of fused-ring (bicyclic) bond motifs is 1. The number of carbonyl (C=O) groups is 2. The first kappa shape index (κ1) is 15.6. The third kappa shape index (κ3) is 2.96. The van der Waals surface area contributed by atoms with Crippen LogP contribution in [0.1, 0.15) is 52.8 Å². The van der Waals surface area contributed by atoms with E-state index in [9.17, 15) is 19.7 Å². The van der Waals surface area contributed by atoms with E-state index >= 15 is 0 Å². The first-order chi connectivity index (χ1) is 11.1. The van der Waals surface area contributed by atoms with Gasteiger partial charge in [0, 0.05) is 6.07 Å². The van der Waals surface area contributed by atoms with E-state index in [4.69, 9.17) is 0 Å². The van der Waals surface area contributed by atoms with Crippen molar-refractivity contribution in [3.63, 3.8) is 0 Å². The highest BCUT2D eigenvalue weighted by atomic mass is 16.6. The van der Waals surface area contributed by atoms with Crippen molar-refractivity contribution in [1.82, 2.24) is 9.80 Å². The molecule has 0 N–H and O–H groups in total. The summed E-state index contributed by atoms with van der Waals surface area (Å²) in [5.74, 6) is -0.991. The van der Waals surface area contributed by atoms with Gasteiger partial charge in [0.15, 0.2) is 0 Å². The summed E-state index contributed by atoms with van der Waals surface area (Å²) in [6, 6.07) is 4.20. The van der Waals surface area contributed by atoms with Crippen LogP contribution in [0.25, 0.3) is 0 Å². The Morgan fingerprint density at radius 1 is 1.00 bits per heavy atom. The van der Waals surface area contributed by atoms with Crippen molar-refractivity contribution in [3.05, 3.63) is 39.4 Å². The molecule has 122 valence electrons. The molecule has 2 amide bonds. The van der Waals surface area contributed by atoms with Gasteiger partial charge in [-0.25, -0.2) is 0 Å². The Labute approximate surface area is 134 Å². The number of imide groups is 1. The van der Waals surface area contributed by atoms with Gasteiger partial charge in [-0.15, -0.1) is 0 Å². The summed E-state index contributed by atoms with van der Waals surface area (Å²) < 4.78 is 0. The van der Waals surface area contributed by atoms with E-state index in [0.717, 1.165) is 43.7 Å². The van der Waals surface area contributed by atoms with Crippen LogP contribution < -0.4 is 0 Å². The van der Waals surface area contributed by atoms with Gasteiger partial charge < -0.3 is 0 Å². The molecular formula is C16H19N3O4. The molecule has 0 radical (unpaired) electrons. The third-order valence-corrected chi connectivity index (χ3v) is 4.46. The zero-order chi connectivity index (χ0) is 16.4. The summed E-state index contributed by atoms with van der Waals surface area (Å²) in [6.07, 6.45) is 5.63. The van der Waals surface area contributed by atoms with Crippen LogP contribution in [0.5, 0.6) is 0 Å². The van der Waals surface area contributed by atoms with Crippen LogP contribution in [0, 0.1) is 10.1 Å². The van der Waals surface area contributed by atoms with Crippen molar-refractivity contribution in [2.45, 2.75) is 32.1 Å². The molecule has 0 spiro atoms. The monoisotopic (exact) mass is 317 g/mol. The number of amides is 2. The van der Waals surface area contributed by atoms with E-state index < -0.39 is 16.7 Å². The third-order valence-electron chi connectivity index (χ3n) is 4.46. The molecule has 0 saturated carbocycles. The lowest BCUT2D eigenvalue weighted by molar-refractivity contribution is -0.385. The number of nitrogens with zero attached hydrogens (tertiary/aromatic N) is 3. The number of benzene rings is 1. The molecule has 0 aliphatic carbocycles. The summed E-state index contributed by atoms with van der Waals surface area (Å²) >= 11 is 0. The fourth-order valence-electron chi connectivity index (χ4n) is 3.25. The smallest absolute Gasteiger partial charge is 0.282 e. The molecule has 2 aliphatic heterocycles. The highest BCUT2D eigenvalue weighted by molar-refractivity contribution is 6.23. The summed E-state index contributed by atoms with van der Waals surface area (Å²) in [5.41, 5.74) is -0.234. The van der Waals surface area contributed by atoms with E-state index in [2.05, 4.69) is 4.90 Å². The zero-order valence-corrected chi connectivity index (χ0v) is 12.9. The van der Waals surface area contributed by atoms with Crippen LogP contribution in [0.2, 0.25) is 0 Å². The van der Waals surface area contributed by atoms with Crippen molar-refractivity contribution < 1.29 is 14.5 Å². The second kappa shape index (κ2) is 6.45. The maximum absolute atomic E-state index is 12.5. The number of nitro benzene ring substituents is 1. The van der Waals surface area contributed by atoms with E-state index in [0.29, 0.717) is 0 Å². The van der Waals surface area contributed by atoms with E-state index in [1.165, 1.54) is 24.6 Å². The standard InChI is InChI=1S/C16H19N3O4/c20-15-12-7-6-8-13(19(22)23)14(12)16(21)18(15)11-17-9-4-2-1-3-5-10-17/h6-8H,1-5,9-11H2. The van der Waals surface area contributed by atoms with Crippen LogP contribution in [-0.2, 0) is 0 Å². The molecular weight excluding hydrogens is 298 g/mol. The predicted octanol–water partition coefficient (Wildman–Crippen LogP) is 2.41. The second-order valence-corrected chi connectivity index (χ2v) is 6.02. The minimum Gasteiger partial charge on any atom is -0.286 e. The molecule has 7 heteroatoms. The highest BCUT2D eigenvalue weighted by Gasteiger charge is 2.41. The molecule has 23 heavy (non-hydrogen) atoms. The molecule has 2 heterocycles. The summed E-state index contributed by atoms with van der Waals surface area (Å²) in [4.78, 5) is 38.7. The van der Waals surface area contributed by atoms with Crippen molar-refractivity contribution in [2.24, 2.45) is 0 Å². The molecule has 7 nitrogen and oxygen atoms in total. The van der Waals surface area contributed by atoms with Gasteiger partial charge in [-0.3, -0.25) is 29.5 Å². The van der Waals surface area contributed by atoms with Gasteiger partial charge in [-0.1, -0.05) is 25.3 Å². The van der Waals surface area contributed by atoms with Crippen LogP contribution in [0.4, 0.5) is 5.69 Å². The average molecular weight is 317 g/mol. The number of hydrogen-bond acceptors (Lipinski definition) is 5. The fourth-order valence-corrected chi connectivity index (χ4v) is 3.25. The van der Waals surface area contributed by atoms with Crippen LogP contribution in [-0.4, -0.2) is 46.3 Å². The van der Waals surface area contributed by atoms with Crippen molar-refractivity contribution in [1.29, 1.82) is 0 Å². The molecule has 2 aliphatic rings. The quantitative estimate of drug-likeness (QED) is 0.485. The zero-order valence-electron chi connectivity index (χ0n) is 12.9. The maximum atomic E-state index is 12.5. The Hall–Kier alpha value is -2.28. The molecule has 0 aromatic heterocycles. The SMILES string of the molecule is O=C1c2cccc([N+](=O)[O-])c2C(=O)N1CN1CCCCCCC1. The molecule has 0 atom stereocenters. The molecule has 0 unspecified atom stereocenters. The van der Waals surface area contributed by atoms with Crippen molar-refractivity contribution in [2.75, 3.05) is 19.8 Å². The summed E-state index contributed by atoms with van der Waals surface area (Å²) in [7, 11) is 0. The molecule has 1 aromatic rings. The Balaban J connectivity index is 1.82. The molecule has 1 fully saturated rings. The molecule has 0 bridgehead atoms. The maximum Gasteiger partial charge on any atom is 0.282 e. The molecule has 1 aromatic carbocycles. The topological polar surface area (TPSA) is 83.8 Å². The Kier molecular flexibility index (Phi) is 4.38. The van der Waals surface area contributed by atoms with Crippen molar-refractivity contribution in [3.8, 4) is 0 Å². The van der Waals surface area contributed by atoms with Gasteiger partial charge in [0.05, 0.1) is 17.2 Å². The lowest BCUT2D eigenvalue weighted by Gasteiger charge is -2.28. The minimum atomic E-state index is -0.608. The Morgan fingerprint density at radius 2 is 1.65 bits per heavy atom. The van der Waals surface area contributed by atoms with E-state index in [1.807, 2.05) is 0 Å². The normalized spacial score (nSPS) is 19.4. The van der Waals surface area contributed by atoms with Crippen LogP contribution in [0.15, 0.2) is 18.2 Å². The van der Waals surface area contributed by atoms with Gasteiger partial charge in [0.25, 0.3) is 17.5 Å². The predicted molar refractivity (Wildman–Crippen MR) is 83.1 cm³/mol. The Bertz CT molecular complexity index is 651. The number of rotatable bonds is 3. The van der Waals surface area contributed by atoms with Gasteiger partial charge in [-0.2, -0.15) is 0 Å². The largest absolute Gasteiger partial charge is 0.286 e. The number of likely N-dealkylation sites (tertiary alicyclic amines) is 1. The lowest BCUT2D eigenvalue weighted by atomic mass is 10.1. The highest BCUT2D eigenvalue weighted by Crippen LogP contribution is 2.30. The lowest BCUT2D eigenvalue weighted by Crippen LogP contribution is -2.42. The average Bonchev–Trinajstić information content (AvgIpc) is 2.74. The van der Waals surface area contributed by atoms with Gasteiger partial charge in [0.1, 0.15) is 5.56 Å². The van der Waals surface area contributed by atoms with Gasteiger partial charge in [0.2, 0.25) is 0 Å². The summed E-state index contributed by atoms with van der Waals surface area (Å²) in [6.45, 7) is 1.90. The Morgan fingerprint density at radius 3 is 2.30 bits per heavy atom. The minimum absolute atomic E-state index is 0.0745. The molecule has 1 saturated heterocycles. The number of carbonyl (C=O) groups excluding carboxylic acids is 2. The number of nitro groups is 1. The van der Waals surface area contributed by atoms with Gasteiger partial charge >= 0.3 is 0 Å². The van der Waals surface area contributed by atoms with Gasteiger partial charge in [-0.05, 0) is 32.0 Å². The van der Waals surface area contributed by atoms with Crippen LogP contribution in [0.3, 0.4) is 0 Å². The first-order valence-electron chi connectivity index (χ1n) is 7.95. The van der Waals surface area contributed by atoms with Crippen molar-refractivity contribution >= 4 is 17.5 Å². The van der Waals surface area contributed by atoms with E-state index in [1.54, 1.807) is 0 Å². The molecule has 3 rings (SSSR count).